The van der Waals surface area contributed by atoms with E-state index in [0.717, 1.165) is 12.1 Å². The Balaban J connectivity index is 3.54. The minimum Gasteiger partial charge on any atom is -0.196 e. The Bertz CT molecular complexity index is 623. The standard InChI is InChI=1S/C7H5F4NO4S2/c8-7(9,10)17(13,14)12(18(11,15)16)6-4-2-1-3-5-6/h1-5H. The van der Waals surface area contributed by atoms with Crippen LogP contribution in [0, 0.1) is 0 Å². The number of hydrogen-bond acceptors (Lipinski definition) is 4. The predicted molar refractivity (Wildman–Crippen MR) is 53.9 cm³/mol. The highest BCUT2D eigenvalue weighted by Crippen LogP contribution is 2.33. The number of sulfonamides is 1. The Morgan fingerprint density at radius 1 is 0.944 bits per heavy atom. The zero-order valence-corrected chi connectivity index (χ0v) is 9.93. The van der Waals surface area contributed by atoms with Crippen molar-refractivity contribution in [2.45, 2.75) is 5.51 Å². The Labute approximate surface area is 100 Å². The van der Waals surface area contributed by atoms with E-state index in [1.54, 1.807) is 0 Å². The van der Waals surface area contributed by atoms with Crippen LogP contribution in [-0.2, 0) is 20.4 Å². The Hall–Kier alpha value is -1.36. The summed E-state index contributed by atoms with van der Waals surface area (Å²) in [7, 11) is -12.5. The van der Waals surface area contributed by atoms with E-state index in [0.29, 0.717) is 12.1 Å². The van der Waals surface area contributed by atoms with Gasteiger partial charge < -0.3 is 0 Å². The molecule has 0 heterocycles. The molecule has 5 nitrogen and oxygen atoms in total. The van der Waals surface area contributed by atoms with Gasteiger partial charge in [0.2, 0.25) is 0 Å². The number of anilines is 1. The summed E-state index contributed by atoms with van der Waals surface area (Å²) < 4.78 is 91.4. The van der Waals surface area contributed by atoms with E-state index in [2.05, 4.69) is 0 Å². The van der Waals surface area contributed by atoms with E-state index in [1.807, 2.05) is 0 Å². The molecule has 0 saturated heterocycles. The first-order chi connectivity index (χ1) is 7.98. The van der Waals surface area contributed by atoms with E-state index < -0.39 is 35.3 Å². The largest absolute Gasteiger partial charge is 0.517 e. The van der Waals surface area contributed by atoms with Crippen molar-refractivity contribution in [3.63, 3.8) is 0 Å². The Kier molecular flexibility index (Phi) is 3.58. The average Bonchev–Trinajstić information content (AvgIpc) is 2.14. The SMILES string of the molecule is O=S(=O)(F)N(c1ccccc1)S(=O)(=O)C(F)(F)F. The van der Waals surface area contributed by atoms with Gasteiger partial charge in [0.05, 0.1) is 5.69 Å². The summed E-state index contributed by atoms with van der Waals surface area (Å²) in [4.78, 5) is 0. The lowest BCUT2D eigenvalue weighted by atomic mass is 10.3. The van der Waals surface area contributed by atoms with Crippen LogP contribution >= 0.6 is 0 Å². The molecule has 1 aromatic rings. The molecule has 1 aromatic carbocycles. The maximum absolute atomic E-state index is 12.8. The minimum absolute atomic E-state index is 0.709. The highest BCUT2D eigenvalue weighted by molar-refractivity contribution is 8.08. The fourth-order valence-electron chi connectivity index (χ4n) is 1.03. The van der Waals surface area contributed by atoms with Crippen LogP contribution in [0.4, 0.5) is 22.7 Å². The Morgan fingerprint density at radius 3 is 1.72 bits per heavy atom. The van der Waals surface area contributed by atoms with Crippen molar-refractivity contribution in [1.82, 2.24) is 0 Å². The quantitative estimate of drug-likeness (QED) is 0.627. The monoisotopic (exact) mass is 307 g/mol. The van der Waals surface area contributed by atoms with Crippen molar-refractivity contribution >= 4 is 26.1 Å². The van der Waals surface area contributed by atoms with Crippen LogP contribution < -0.4 is 3.71 Å². The van der Waals surface area contributed by atoms with Gasteiger partial charge in [-0.2, -0.15) is 30.0 Å². The van der Waals surface area contributed by atoms with Crippen LogP contribution in [0.5, 0.6) is 0 Å². The topological polar surface area (TPSA) is 71.5 Å². The van der Waals surface area contributed by atoms with Gasteiger partial charge in [0.15, 0.2) is 0 Å². The molecule has 0 aliphatic rings. The third-order valence-corrected chi connectivity index (χ3v) is 4.64. The number of benzene rings is 1. The third-order valence-electron chi connectivity index (χ3n) is 1.68. The molecule has 0 amide bonds. The number of hydrogen-bond donors (Lipinski definition) is 0. The van der Waals surface area contributed by atoms with E-state index in [1.165, 1.54) is 6.07 Å². The molecular formula is C7H5F4NO4S2. The zero-order valence-electron chi connectivity index (χ0n) is 8.30. The first kappa shape index (κ1) is 14.7. The van der Waals surface area contributed by atoms with Gasteiger partial charge in [-0.1, -0.05) is 22.1 Å². The summed E-state index contributed by atoms with van der Waals surface area (Å²) in [6.07, 6.45) is 0. The Morgan fingerprint density at radius 2 is 1.39 bits per heavy atom. The number of alkyl halides is 3. The second-order valence-electron chi connectivity index (χ2n) is 2.93. The predicted octanol–water partition coefficient (Wildman–Crippen LogP) is 1.56. The molecule has 0 spiro atoms. The van der Waals surface area contributed by atoms with Crippen molar-refractivity contribution in [1.29, 1.82) is 0 Å². The van der Waals surface area contributed by atoms with Gasteiger partial charge in [0, 0.05) is 0 Å². The second kappa shape index (κ2) is 4.39. The third kappa shape index (κ3) is 2.72. The molecule has 0 N–H and O–H groups in total. The maximum atomic E-state index is 12.8. The minimum atomic E-state index is -6.38. The average molecular weight is 307 g/mol. The molecule has 0 aliphatic heterocycles. The van der Waals surface area contributed by atoms with Crippen molar-refractivity contribution in [2.75, 3.05) is 3.71 Å². The van der Waals surface area contributed by atoms with Gasteiger partial charge >= 0.3 is 25.9 Å². The summed E-state index contributed by atoms with van der Waals surface area (Å²) in [6.45, 7) is 0. The molecule has 102 valence electrons. The van der Waals surface area contributed by atoms with E-state index in [-0.39, 0.29) is 0 Å². The molecule has 18 heavy (non-hydrogen) atoms. The molecule has 0 aliphatic carbocycles. The normalized spacial score (nSPS) is 13.3. The van der Waals surface area contributed by atoms with E-state index >= 15 is 0 Å². The number of halogens is 4. The van der Waals surface area contributed by atoms with Gasteiger partial charge in [-0.05, 0) is 12.1 Å². The van der Waals surface area contributed by atoms with Crippen LogP contribution in [-0.4, -0.2) is 22.3 Å². The van der Waals surface area contributed by atoms with Gasteiger partial charge in [0.1, 0.15) is 0 Å². The number of para-hydroxylation sites is 1. The van der Waals surface area contributed by atoms with Crippen molar-refractivity contribution < 1.29 is 33.9 Å². The molecule has 0 aromatic heterocycles. The highest BCUT2D eigenvalue weighted by atomic mass is 32.3. The first-order valence-corrected chi connectivity index (χ1v) is 6.87. The lowest BCUT2D eigenvalue weighted by Gasteiger charge is -2.20. The van der Waals surface area contributed by atoms with Crippen molar-refractivity contribution in [3.8, 4) is 0 Å². The fraction of sp³-hybridized carbons (Fsp3) is 0.143. The summed E-state index contributed by atoms with van der Waals surface area (Å²) in [5, 5.41) is 0. The van der Waals surface area contributed by atoms with Gasteiger partial charge in [-0.15, -0.1) is 3.71 Å². The zero-order chi connectivity index (χ0) is 14.2. The molecule has 0 bridgehead atoms. The van der Waals surface area contributed by atoms with Crippen LogP contribution in [0.2, 0.25) is 0 Å². The summed E-state index contributed by atoms with van der Waals surface area (Å²) in [6, 6.07) is 4.81. The van der Waals surface area contributed by atoms with Crippen LogP contribution in [0.1, 0.15) is 0 Å². The van der Waals surface area contributed by atoms with Crippen molar-refractivity contribution in [3.05, 3.63) is 30.3 Å². The second-order valence-corrected chi connectivity index (χ2v) is 6.12. The lowest BCUT2D eigenvalue weighted by molar-refractivity contribution is -0.0434. The fourth-order valence-corrected chi connectivity index (χ4v) is 3.18. The number of nitrogens with zero attached hydrogens (tertiary/aromatic N) is 1. The van der Waals surface area contributed by atoms with Crippen LogP contribution in [0.3, 0.4) is 0 Å². The van der Waals surface area contributed by atoms with E-state index in [9.17, 15) is 33.9 Å². The molecule has 0 unspecified atom stereocenters. The highest BCUT2D eigenvalue weighted by Gasteiger charge is 2.54. The first-order valence-electron chi connectivity index (χ1n) is 4.09. The summed E-state index contributed by atoms with van der Waals surface area (Å²) in [5.74, 6) is 0. The summed E-state index contributed by atoms with van der Waals surface area (Å²) in [5.41, 5.74) is -6.92. The van der Waals surface area contributed by atoms with Crippen LogP contribution in [0.15, 0.2) is 30.3 Å². The maximum Gasteiger partial charge on any atom is 0.517 e. The molecule has 11 heteroatoms. The van der Waals surface area contributed by atoms with Crippen molar-refractivity contribution in [2.24, 2.45) is 0 Å². The smallest absolute Gasteiger partial charge is 0.196 e. The molecule has 0 fully saturated rings. The van der Waals surface area contributed by atoms with Crippen LogP contribution in [0.25, 0.3) is 0 Å². The molecule has 0 radical (unpaired) electrons. The van der Waals surface area contributed by atoms with Gasteiger partial charge in [-0.25, -0.2) is 0 Å². The molecule has 0 saturated carbocycles. The molecule has 1 rings (SSSR count). The van der Waals surface area contributed by atoms with E-state index in [4.69, 9.17) is 0 Å². The molecular weight excluding hydrogens is 302 g/mol. The summed E-state index contributed by atoms with van der Waals surface area (Å²) >= 11 is 0. The van der Waals surface area contributed by atoms with Gasteiger partial charge in [-0.3, -0.25) is 0 Å². The molecule has 0 atom stereocenters. The lowest BCUT2D eigenvalue weighted by Crippen LogP contribution is -2.42. The number of rotatable bonds is 3. The van der Waals surface area contributed by atoms with Gasteiger partial charge in [0.25, 0.3) is 0 Å².